The normalized spacial score (nSPS) is 15.8. The molecule has 2 aliphatic heterocycles. The first kappa shape index (κ1) is 20.5. The van der Waals surface area contributed by atoms with Crippen LogP contribution in [0.2, 0.25) is 5.02 Å². The van der Waals surface area contributed by atoms with Gasteiger partial charge < -0.3 is 5.32 Å². The first-order valence-electron chi connectivity index (χ1n) is 10.6. The minimum Gasteiger partial charge on any atom is -0.351 e. The van der Waals surface area contributed by atoms with Crippen LogP contribution in [0.1, 0.15) is 11.1 Å². The lowest BCUT2D eigenvalue weighted by atomic mass is 10.1. The fourth-order valence-corrected chi connectivity index (χ4v) is 4.40. The van der Waals surface area contributed by atoms with Crippen LogP contribution in [0, 0.1) is 10.1 Å². The van der Waals surface area contributed by atoms with E-state index in [0.29, 0.717) is 5.02 Å². The molecule has 0 aliphatic carbocycles. The van der Waals surface area contributed by atoms with Crippen LogP contribution in [0.3, 0.4) is 0 Å². The summed E-state index contributed by atoms with van der Waals surface area (Å²) < 4.78 is 2.38. The molecule has 8 heteroatoms. The number of halogens is 1. The number of benzene rings is 3. The number of piperazine rings is 1. The third-order valence-corrected chi connectivity index (χ3v) is 6.16. The van der Waals surface area contributed by atoms with E-state index in [1.54, 1.807) is 12.1 Å². The number of nitro groups is 1. The van der Waals surface area contributed by atoms with Gasteiger partial charge >= 0.3 is 0 Å². The maximum atomic E-state index is 10.9. The molecule has 0 saturated carbocycles. The number of nitrogens with one attached hydrogen (secondary N) is 2. The minimum absolute atomic E-state index is 0.127. The van der Waals surface area contributed by atoms with Gasteiger partial charge in [0.15, 0.2) is 0 Å². The number of para-hydroxylation sites is 1. The minimum atomic E-state index is -0.364. The average molecular weight is 449 g/mol. The number of fused-ring (bicyclic) bond motifs is 2. The van der Waals surface area contributed by atoms with Gasteiger partial charge in [-0.25, -0.2) is 5.32 Å². The van der Waals surface area contributed by atoms with Crippen molar-refractivity contribution in [3.8, 4) is 0 Å². The SMILES string of the molecule is O=[N+]([O-])c1ccc(CN2CC[N+](=C3Nc4cc(Cl)ccc4Nc4ccccc43)CC2)cc1. The van der Waals surface area contributed by atoms with Crippen LogP contribution < -0.4 is 10.6 Å². The van der Waals surface area contributed by atoms with Gasteiger partial charge in [-0.15, -0.1) is 0 Å². The van der Waals surface area contributed by atoms with E-state index in [9.17, 15) is 10.1 Å². The molecular weight excluding hydrogens is 426 g/mol. The summed E-state index contributed by atoms with van der Waals surface area (Å²) in [6.07, 6.45) is 0. The molecule has 0 bridgehead atoms. The Bertz CT molecular complexity index is 1200. The van der Waals surface area contributed by atoms with Gasteiger partial charge in [-0.05, 0) is 29.8 Å². The number of nitrogens with zero attached hydrogens (tertiary/aromatic N) is 3. The molecule has 2 heterocycles. The van der Waals surface area contributed by atoms with Crippen molar-refractivity contribution in [1.82, 2.24) is 4.90 Å². The van der Waals surface area contributed by atoms with Crippen molar-refractivity contribution in [2.75, 3.05) is 36.8 Å². The van der Waals surface area contributed by atoms with E-state index < -0.39 is 0 Å². The molecule has 0 unspecified atom stereocenters. The van der Waals surface area contributed by atoms with E-state index in [2.05, 4.69) is 38.3 Å². The van der Waals surface area contributed by atoms with Crippen LogP contribution in [0.4, 0.5) is 22.7 Å². The fraction of sp³-hybridized carbons (Fsp3) is 0.208. The lowest BCUT2D eigenvalue weighted by molar-refractivity contribution is -0.539. The predicted molar refractivity (Wildman–Crippen MR) is 127 cm³/mol. The maximum absolute atomic E-state index is 10.9. The van der Waals surface area contributed by atoms with Crippen LogP contribution in [-0.4, -0.2) is 46.4 Å². The van der Waals surface area contributed by atoms with E-state index in [-0.39, 0.29) is 10.6 Å². The summed E-state index contributed by atoms with van der Waals surface area (Å²) in [7, 11) is 0. The fourth-order valence-electron chi connectivity index (χ4n) is 4.23. The molecule has 5 rings (SSSR count). The molecule has 0 spiro atoms. The van der Waals surface area contributed by atoms with Crippen LogP contribution >= 0.6 is 11.6 Å². The van der Waals surface area contributed by atoms with E-state index >= 15 is 0 Å². The number of nitro benzene ring substituents is 1. The van der Waals surface area contributed by atoms with Crippen molar-refractivity contribution in [2.24, 2.45) is 0 Å². The average Bonchev–Trinajstić information content (AvgIpc) is 2.96. The maximum Gasteiger partial charge on any atom is 0.284 e. The Labute approximate surface area is 191 Å². The van der Waals surface area contributed by atoms with E-state index in [1.165, 1.54) is 0 Å². The van der Waals surface area contributed by atoms with E-state index in [4.69, 9.17) is 11.6 Å². The highest BCUT2D eigenvalue weighted by Crippen LogP contribution is 2.34. The summed E-state index contributed by atoms with van der Waals surface area (Å²) in [6.45, 7) is 4.34. The zero-order chi connectivity index (χ0) is 22.1. The lowest BCUT2D eigenvalue weighted by Crippen LogP contribution is -2.45. The summed E-state index contributed by atoms with van der Waals surface area (Å²) in [4.78, 5) is 12.9. The molecule has 162 valence electrons. The van der Waals surface area contributed by atoms with Gasteiger partial charge in [0.25, 0.3) is 11.5 Å². The molecule has 2 aliphatic rings. The number of non-ortho nitro benzene ring substituents is 1. The van der Waals surface area contributed by atoms with Crippen molar-refractivity contribution in [1.29, 1.82) is 0 Å². The Morgan fingerprint density at radius 1 is 0.938 bits per heavy atom. The number of anilines is 3. The van der Waals surface area contributed by atoms with Crippen LogP contribution in [-0.2, 0) is 6.54 Å². The highest BCUT2D eigenvalue weighted by atomic mass is 35.5. The number of hydrogen-bond acceptors (Lipinski definition) is 4. The smallest absolute Gasteiger partial charge is 0.284 e. The summed E-state index contributed by atoms with van der Waals surface area (Å²) in [6, 6.07) is 21.0. The molecule has 1 fully saturated rings. The summed E-state index contributed by atoms with van der Waals surface area (Å²) in [5.74, 6) is 1.07. The highest BCUT2D eigenvalue weighted by molar-refractivity contribution is 6.31. The van der Waals surface area contributed by atoms with Gasteiger partial charge in [0.05, 0.1) is 35.0 Å². The quantitative estimate of drug-likeness (QED) is 0.345. The van der Waals surface area contributed by atoms with Crippen LogP contribution in [0.5, 0.6) is 0 Å². The molecule has 0 aromatic heterocycles. The molecule has 0 atom stereocenters. The van der Waals surface area contributed by atoms with Crippen molar-refractivity contribution in [3.05, 3.63) is 93.0 Å². The second kappa shape index (κ2) is 8.61. The second-order valence-corrected chi connectivity index (χ2v) is 8.46. The third-order valence-electron chi connectivity index (χ3n) is 5.93. The van der Waals surface area contributed by atoms with Crippen LogP contribution in [0.25, 0.3) is 0 Å². The monoisotopic (exact) mass is 448 g/mol. The zero-order valence-electron chi connectivity index (χ0n) is 17.4. The topological polar surface area (TPSA) is 73.5 Å². The van der Waals surface area contributed by atoms with Crippen molar-refractivity contribution < 1.29 is 9.50 Å². The van der Waals surface area contributed by atoms with Crippen molar-refractivity contribution >= 4 is 40.2 Å². The zero-order valence-corrected chi connectivity index (χ0v) is 18.2. The summed E-state index contributed by atoms with van der Waals surface area (Å²) >= 11 is 6.26. The van der Waals surface area contributed by atoms with Gasteiger partial charge in [0.1, 0.15) is 5.69 Å². The molecule has 0 amide bonds. The Balaban J connectivity index is 1.37. The van der Waals surface area contributed by atoms with E-state index in [0.717, 1.165) is 66.7 Å². The molecule has 3 aromatic rings. The van der Waals surface area contributed by atoms with Gasteiger partial charge in [0, 0.05) is 42.9 Å². The molecule has 7 nitrogen and oxygen atoms in total. The summed E-state index contributed by atoms with van der Waals surface area (Å²) in [5.41, 5.74) is 5.35. The molecule has 3 aromatic carbocycles. The number of amidine groups is 1. The Hall–Kier alpha value is -3.42. The van der Waals surface area contributed by atoms with Crippen molar-refractivity contribution in [3.63, 3.8) is 0 Å². The standard InChI is InChI=1S/C24H22ClN5O2/c25-18-7-10-22-23(15-18)27-24(20-3-1-2-4-21(20)26-22)29-13-11-28(12-14-29)16-17-5-8-19(9-6-17)30(31)32/h1-10,15H,11-14,16H2,(H,26,27)/p+1. The first-order chi connectivity index (χ1) is 15.6. The largest absolute Gasteiger partial charge is 0.351 e. The lowest BCUT2D eigenvalue weighted by Gasteiger charge is -2.28. The Morgan fingerprint density at radius 3 is 2.44 bits per heavy atom. The number of rotatable bonds is 3. The van der Waals surface area contributed by atoms with Gasteiger partial charge in [0.2, 0.25) is 0 Å². The predicted octanol–water partition coefficient (Wildman–Crippen LogP) is 4.69. The highest BCUT2D eigenvalue weighted by Gasteiger charge is 2.28. The Morgan fingerprint density at radius 2 is 1.69 bits per heavy atom. The van der Waals surface area contributed by atoms with Gasteiger partial charge in [-0.1, -0.05) is 35.9 Å². The summed E-state index contributed by atoms with van der Waals surface area (Å²) in [5, 5.41) is 18.7. The first-order valence-corrected chi connectivity index (χ1v) is 11.0. The second-order valence-electron chi connectivity index (χ2n) is 8.02. The molecule has 0 radical (unpaired) electrons. The van der Waals surface area contributed by atoms with Gasteiger partial charge in [-0.2, -0.15) is 0 Å². The molecule has 1 saturated heterocycles. The van der Waals surface area contributed by atoms with Crippen molar-refractivity contribution in [2.45, 2.75) is 6.54 Å². The Kier molecular flexibility index (Phi) is 5.51. The molecular formula is C24H23ClN5O2+. The molecule has 2 N–H and O–H groups in total. The third kappa shape index (κ3) is 4.17. The number of hydrogen-bond donors (Lipinski definition) is 2. The van der Waals surface area contributed by atoms with E-state index in [1.807, 2.05) is 36.4 Å². The van der Waals surface area contributed by atoms with Gasteiger partial charge in [-0.3, -0.25) is 19.6 Å². The van der Waals surface area contributed by atoms with Crippen LogP contribution in [0.15, 0.2) is 66.7 Å². The molecule has 32 heavy (non-hydrogen) atoms.